The normalized spacial score (nSPS) is 17.7. The molecule has 1 saturated heterocycles. The molecule has 1 aliphatic heterocycles. The highest BCUT2D eigenvalue weighted by Crippen LogP contribution is 2.31. The molecule has 1 aliphatic rings. The van der Waals surface area contributed by atoms with Gasteiger partial charge >= 0.3 is 0 Å². The predicted molar refractivity (Wildman–Crippen MR) is 103 cm³/mol. The van der Waals surface area contributed by atoms with Crippen molar-refractivity contribution < 1.29 is 17.9 Å². The Morgan fingerprint density at radius 2 is 1.96 bits per heavy atom. The Labute approximate surface area is 155 Å². The first-order valence-corrected chi connectivity index (χ1v) is 10.9. The second-order valence-electron chi connectivity index (χ2n) is 6.65. The van der Waals surface area contributed by atoms with Gasteiger partial charge < -0.3 is 9.47 Å². The summed E-state index contributed by atoms with van der Waals surface area (Å²) < 4.78 is 39.7. The molecule has 26 heavy (non-hydrogen) atoms. The Bertz CT molecular complexity index is 829. The topological polar surface area (TPSA) is 64.6 Å². The maximum Gasteiger partial charge on any atom is 0.241 e. The van der Waals surface area contributed by atoms with Crippen molar-refractivity contribution in [1.82, 2.24) is 4.72 Å². The molecule has 0 aromatic heterocycles. The van der Waals surface area contributed by atoms with E-state index >= 15 is 0 Å². The zero-order chi connectivity index (χ0) is 18.4. The van der Waals surface area contributed by atoms with Crippen LogP contribution in [0.2, 0.25) is 0 Å². The quantitative estimate of drug-likeness (QED) is 0.674. The molecule has 6 heteroatoms. The summed E-state index contributed by atoms with van der Waals surface area (Å²) in [6.07, 6.45) is 5.10. The molecule has 1 N–H and O–H groups in total. The molecule has 0 saturated carbocycles. The van der Waals surface area contributed by atoms with E-state index in [1.807, 2.05) is 24.3 Å². The van der Waals surface area contributed by atoms with Crippen molar-refractivity contribution in [1.29, 1.82) is 0 Å². The largest absolute Gasteiger partial charge is 0.493 e. The SMILES string of the molecule is CCCCCOc1ccc(S(=O)(=O)NCC2CCCO2)c2ccccc12. The molecule has 1 fully saturated rings. The lowest BCUT2D eigenvalue weighted by molar-refractivity contribution is 0.114. The summed E-state index contributed by atoms with van der Waals surface area (Å²) in [6.45, 7) is 3.81. The van der Waals surface area contributed by atoms with E-state index in [-0.39, 0.29) is 11.0 Å². The maximum absolute atomic E-state index is 12.8. The molecule has 1 unspecified atom stereocenters. The summed E-state index contributed by atoms with van der Waals surface area (Å²) in [7, 11) is -3.61. The Hall–Kier alpha value is -1.63. The van der Waals surface area contributed by atoms with Crippen LogP contribution in [0.3, 0.4) is 0 Å². The minimum Gasteiger partial charge on any atom is -0.493 e. The van der Waals surface area contributed by atoms with Gasteiger partial charge in [0.15, 0.2) is 0 Å². The highest BCUT2D eigenvalue weighted by atomic mass is 32.2. The maximum atomic E-state index is 12.8. The number of benzene rings is 2. The van der Waals surface area contributed by atoms with Crippen LogP contribution in [-0.4, -0.2) is 34.3 Å². The molecular formula is C20H27NO4S. The Balaban J connectivity index is 1.82. The van der Waals surface area contributed by atoms with Crippen LogP contribution >= 0.6 is 0 Å². The van der Waals surface area contributed by atoms with Crippen LogP contribution < -0.4 is 9.46 Å². The van der Waals surface area contributed by atoms with Crippen LogP contribution in [-0.2, 0) is 14.8 Å². The number of hydrogen-bond donors (Lipinski definition) is 1. The molecule has 3 rings (SSSR count). The highest BCUT2D eigenvalue weighted by molar-refractivity contribution is 7.89. The average molecular weight is 378 g/mol. The van der Waals surface area contributed by atoms with E-state index in [4.69, 9.17) is 9.47 Å². The van der Waals surface area contributed by atoms with Crippen LogP contribution in [0.4, 0.5) is 0 Å². The molecule has 0 amide bonds. The van der Waals surface area contributed by atoms with Crippen molar-refractivity contribution in [3.63, 3.8) is 0 Å². The molecule has 1 heterocycles. The third kappa shape index (κ3) is 4.55. The van der Waals surface area contributed by atoms with E-state index in [1.54, 1.807) is 12.1 Å². The molecule has 2 aromatic rings. The molecular weight excluding hydrogens is 350 g/mol. The van der Waals surface area contributed by atoms with E-state index in [1.165, 1.54) is 0 Å². The summed E-state index contributed by atoms with van der Waals surface area (Å²) in [6, 6.07) is 10.9. The molecule has 1 atom stereocenters. The smallest absolute Gasteiger partial charge is 0.241 e. The number of fused-ring (bicyclic) bond motifs is 1. The molecule has 0 bridgehead atoms. The van der Waals surface area contributed by atoms with Crippen molar-refractivity contribution in [3.8, 4) is 5.75 Å². The van der Waals surface area contributed by atoms with Gasteiger partial charge in [0.1, 0.15) is 5.75 Å². The number of sulfonamides is 1. The van der Waals surface area contributed by atoms with Crippen LogP contribution in [0, 0.1) is 0 Å². The zero-order valence-electron chi connectivity index (χ0n) is 15.2. The summed E-state index contributed by atoms with van der Waals surface area (Å²) in [5.74, 6) is 0.731. The molecule has 142 valence electrons. The fourth-order valence-electron chi connectivity index (χ4n) is 3.22. The van der Waals surface area contributed by atoms with Gasteiger partial charge in [-0.3, -0.25) is 0 Å². The van der Waals surface area contributed by atoms with E-state index < -0.39 is 10.0 Å². The van der Waals surface area contributed by atoms with E-state index in [0.29, 0.717) is 25.1 Å². The van der Waals surface area contributed by atoms with Gasteiger partial charge in [0.2, 0.25) is 10.0 Å². The number of ether oxygens (including phenoxy) is 2. The van der Waals surface area contributed by atoms with Crippen LogP contribution in [0.5, 0.6) is 5.75 Å². The second kappa shape index (κ2) is 8.84. The summed E-state index contributed by atoms with van der Waals surface area (Å²) in [5.41, 5.74) is 0. The fraction of sp³-hybridized carbons (Fsp3) is 0.500. The second-order valence-corrected chi connectivity index (χ2v) is 8.39. The lowest BCUT2D eigenvalue weighted by Gasteiger charge is -2.15. The number of nitrogens with one attached hydrogen (secondary N) is 1. The monoisotopic (exact) mass is 377 g/mol. The van der Waals surface area contributed by atoms with Crippen LogP contribution in [0.15, 0.2) is 41.3 Å². The van der Waals surface area contributed by atoms with Gasteiger partial charge in [-0.25, -0.2) is 13.1 Å². The van der Waals surface area contributed by atoms with Gasteiger partial charge in [-0.1, -0.05) is 44.0 Å². The van der Waals surface area contributed by atoms with Crippen molar-refractivity contribution in [2.45, 2.75) is 50.0 Å². The highest BCUT2D eigenvalue weighted by Gasteiger charge is 2.22. The zero-order valence-corrected chi connectivity index (χ0v) is 16.1. The third-order valence-electron chi connectivity index (χ3n) is 4.66. The first-order valence-electron chi connectivity index (χ1n) is 9.37. The third-order valence-corrected chi connectivity index (χ3v) is 6.15. The van der Waals surface area contributed by atoms with Crippen LogP contribution in [0.25, 0.3) is 10.8 Å². The fourth-order valence-corrected chi connectivity index (χ4v) is 4.50. The van der Waals surface area contributed by atoms with E-state index in [2.05, 4.69) is 11.6 Å². The van der Waals surface area contributed by atoms with Crippen molar-refractivity contribution in [3.05, 3.63) is 36.4 Å². The first kappa shape index (κ1) is 19.1. The molecule has 0 spiro atoms. The summed E-state index contributed by atoms with van der Waals surface area (Å²) >= 11 is 0. The Morgan fingerprint density at radius 1 is 1.15 bits per heavy atom. The Morgan fingerprint density at radius 3 is 2.69 bits per heavy atom. The number of unbranched alkanes of at least 4 members (excludes halogenated alkanes) is 2. The van der Waals surface area contributed by atoms with Crippen molar-refractivity contribution >= 4 is 20.8 Å². The van der Waals surface area contributed by atoms with E-state index in [0.717, 1.165) is 43.2 Å². The van der Waals surface area contributed by atoms with Gasteiger partial charge in [-0.2, -0.15) is 0 Å². The van der Waals surface area contributed by atoms with Gasteiger partial charge in [0, 0.05) is 23.9 Å². The number of rotatable bonds is 9. The van der Waals surface area contributed by atoms with Crippen LogP contribution in [0.1, 0.15) is 39.0 Å². The van der Waals surface area contributed by atoms with Gasteiger partial charge in [-0.05, 0) is 31.4 Å². The standard InChI is InChI=1S/C20H27NO4S/c1-2-3-6-13-25-19-11-12-20(18-10-5-4-9-17(18)19)26(22,23)21-15-16-8-7-14-24-16/h4-5,9-12,16,21H,2-3,6-8,13-15H2,1H3. The predicted octanol–water partition coefficient (Wildman–Crippen LogP) is 3.87. The van der Waals surface area contributed by atoms with Gasteiger partial charge in [0.05, 0.1) is 17.6 Å². The average Bonchev–Trinajstić information content (AvgIpc) is 3.17. The lowest BCUT2D eigenvalue weighted by atomic mass is 10.1. The minimum absolute atomic E-state index is 0.0304. The first-order chi connectivity index (χ1) is 12.6. The molecule has 0 radical (unpaired) electrons. The van der Waals surface area contributed by atoms with E-state index in [9.17, 15) is 8.42 Å². The Kier molecular flexibility index (Phi) is 6.51. The van der Waals surface area contributed by atoms with Gasteiger partial charge in [0.25, 0.3) is 0 Å². The molecule has 2 aromatic carbocycles. The summed E-state index contributed by atoms with van der Waals surface area (Å²) in [5, 5.41) is 1.50. The lowest BCUT2D eigenvalue weighted by Crippen LogP contribution is -2.31. The molecule has 0 aliphatic carbocycles. The van der Waals surface area contributed by atoms with Gasteiger partial charge in [-0.15, -0.1) is 0 Å². The van der Waals surface area contributed by atoms with Crippen molar-refractivity contribution in [2.24, 2.45) is 0 Å². The number of hydrogen-bond acceptors (Lipinski definition) is 4. The minimum atomic E-state index is -3.61. The summed E-state index contributed by atoms with van der Waals surface area (Å²) in [4.78, 5) is 0.284. The van der Waals surface area contributed by atoms with Crippen molar-refractivity contribution in [2.75, 3.05) is 19.8 Å². The molecule has 5 nitrogen and oxygen atoms in total.